The molecule has 10 rings (SSSR count). The van der Waals surface area contributed by atoms with Crippen LogP contribution in [0.4, 0.5) is 0 Å². The monoisotopic (exact) mass is 805 g/mol. The predicted octanol–water partition coefficient (Wildman–Crippen LogP) is 10.8. The standard InChI is InChI=1S/C44H26N4.Pt/c1-2-12-28(13-3-1)30-24-31(34-18-10-19-36-35-16-6-8-20-39(35)47-43(34)36)26-32(25-30)38-21-11-23-41(46-38)48-40-22-9-7-17-37(40)42-33-15-5-4-14-29(33)27-45-44(42)48;/h1-25,27H;/q-2;+2. The molecule has 232 valence electrons. The zero-order valence-corrected chi connectivity index (χ0v) is 28.4. The van der Waals surface area contributed by atoms with Crippen molar-refractivity contribution in [1.82, 2.24) is 19.5 Å². The van der Waals surface area contributed by atoms with Crippen LogP contribution in [0.15, 0.2) is 158 Å². The summed E-state index contributed by atoms with van der Waals surface area (Å²) >= 11 is 0. The van der Waals surface area contributed by atoms with E-state index in [9.17, 15) is 0 Å². The van der Waals surface area contributed by atoms with E-state index in [2.05, 4.69) is 156 Å². The fourth-order valence-electron chi connectivity index (χ4n) is 7.18. The third-order valence-electron chi connectivity index (χ3n) is 9.37. The predicted molar refractivity (Wildman–Crippen MR) is 197 cm³/mol. The number of rotatable bonds is 4. The van der Waals surface area contributed by atoms with Gasteiger partial charge in [0.25, 0.3) is 0 Å². The Kier molecular flexibility index (Phi) is 7.00. The van der Waals surface area contributed by atoms with Crippen molar-refractivity contribution in [3.05, 3.63) is 164 Å². The molecule has 0 atom stereocenters. The normalized spacial score (nSPS) is 11.5. The van der Waals surface area contributed by atoms with E-state index in [1.165, 1.54) is 5.39 Å². The molecule has 4 aromatic heterocycles. The zero-order valence-electron chi connectivity index (χ0n) is 26.1. The number of hydrogen-bond donors (Lipinski definition) is 0. The molecule has 0 bridgehead atoms. The van der Waals surface area contributed by atoms with Crippen LogP contribution in [0.1, 0.15) is 0 Å². The fraction of sp³-hybridized carbons (Fsp3) is 0. The van der Waals surface area contributed by atoms with Crippen LogP contribution in [0.5, 0.6) is 0 Å². The van der Waals surface area contributed by atoms with Gasteiger partial charge in [-0.1, -0.05) is 144 Å². The molecule has 0 aliphatic heterocycles. The molecule has 0 aliphatic carbocycles. The molecule has 6 aromatic carbocycles. The van der Waals surface area contributed by atoms with Gasteiger partial charge in [0.1, 0.15) is 11.5 Å². The average molecular weight is 806 g/mol. The summed E-state index contributed by atoms with van der Waals surface area (Å²) in [5.74, 6) is 0.813. The van der Waals surface area contributed by atoms with E-state index in [0.29, 0.717) is 0 Å². The van der Waals surface area contributed by atoms with Crippen LogP contribution in [0.25, 0.3) is 93.8 Å². The summed E-state index contributed by atoms with van der Waals surface area (Å²) < 4.78 is 2.18. The number of nitrogens with zero attached hydrogens (tertiary/aromatic N) is 4. The van der Waals surface area contributed by atoms with Crippen molar-refractivity contribution < 1.29 is 21.1 Å². The second-order valence-electron chi connectivity index (χ2n) is 12.2. The Balaban J connectivity index is 0.00000325. The second kappa shape index (κ2) is 11.7. The minimum absolute atomic E-state index is 0. The summed E-state index contributed by atoms with van der Waals surface area (Å²) in [7, 11) is 0. The van der Waals surface area contributed by atoms with E-state index in [1.54, 1.807) is 0 Å². The van der Waals surface area contributed by atoms with Gasteiger partial charge in [0, 0.05) is 28.0 Å². The van der Waals surface area contributed by atoms with E-state index in [1.807, 2.05) is 12.3 Å². The Morgan fingerprint density at radius 3 is 2.18 bits per heavy atom. The maximum absolute atomic E-state index is 5.31. The molecule has 0 saturated heterocycles. The van der Waals surface area contributed by atoms with Gasteiger partial charge < -0.3 is 4.98 Å². The Morgan fingerprint density at radius 1 is 0.571 bits per heavy atom. The first kappa shape index (κ1) is 29.3. The smallest absolute Gasteiger partial charge is 0.663 e. The maximum Gasteiger partial charge on any atom is 2.00 e. The molecule has 0 unspecified atom stereocenters. The number of aromatic nitrogens is 4. The fourth-order valence-corrected chi connectivity index (χ4v) is 7.18. The molecule has 0 spiro atoms. The maximum atomic E-state index is 5.31. The first-order chi connectivity index (χ1) is 23.8. The number of fused-ring (bicyclic) bond motifs is 8. The van der Waals surface area contributed by atoms with E-state index < -0.39 is 0 Å². The molecule has 5 heteroatoms. The molecular formula is C44H26N4Pt. The molecule has 4 heterocycles. The van der Waals surface area contributed by atoms with Gasteiger partial charge in [-0.05, 0) is 33.9 Å². The Labute approximate surface area is 297 Å². The molecule has 10 aromatic rings. The molecule has 49 heavy (non-hydrogen) atoms. The van der Waals surface area contributed by atoms with Crippen LogP contribution in [0, 0.1) is 6.07 Å². The summed E-state index contributed by atoms with van der Waals surface area (Å²) in [6.45, 7) is 0. The molecule has 0 radical (unpaired) electrons. The number of hydrogen-bond acceptors (Lipinski definition) is 2. The van der Waals surface area contributed by atoms with Gasteiger partial charge in [-0.15, -0.1) is 29.3 Å². The number of pyridine rings is 2. The van der Waals surface area contributed by atoms with Gasteiger partial charge in [0.05, 0.1) is 5.52 Å². The number of para-hydroxylation sites is 3. The molecule has 4 nitrogen and oxygen atoms in total. The first-order valence-electron chi connectivity index (χ1n) is 16.1. The topological polar surface area (TPSA) is 44.8 Å². The molecule has 0 N–H and O–H groups in total. The van der Waals surface area contributed by atoms with Crippen molar-refractivity contribution in [3.8, 4) is 39.3 Å². The van der Waals surface area contributed by atoms with Crippen LogP contribution in [-0.4, -0.2) is 14.5 Å². The minimum Gasteiger partial charge on any atom is -0.663 e. The Morgan fingerprint density at radius 2 is 1.29 bits per heavy atom. The van der Waals surface area contributed by atoms with Gasteiger partial charge in [-0.3, -0.25) is 9.55 Å². The van der Waals surface area contributed by atoms with Crippen molar-refractivity contribution in [1.29, 1.82) is 0 Å². The van der Waals surface area contributed by atoms with Gasteiger partial charge in [0.2, 0.25) is 0 Å². The molecule has 0 aliphatic rings. The molecule has 0 fully saturated rings. The molecular weight excluding hydrogens is 780 g/mol. The van der Waals surface area contributed by atoms with Crippen molar-refractivity contribution in [2.45, 2.75) is 0 Å². The van der Waals surface area contributed by atoms with Crippen molar-refractivity contribution in [3.63, 3.8) is 0 Å². The summed E-state index contributed by atoms with van der Waals surface area (Å²) in [6.07, 6.45) is 1.96. The van der Waals surface area contributed by atoms with Crippen LogP contribution in [0.3, 0.4) is 0 Å². The first-order valence-corrected chi connectivity index (χ1v) is 16.1. The van der Waals surface area contributed by atoms with Gasteiger partial charge in [-0.25, -0.2) is 4.98 Å². The van der Waals surface area contributed by atoms with Crippen molar-refractivity contribution in [2.75, 3.05) is 0 Å². The van der Waals surface area contributed by atoms with Gasteiger partial charge >= 0.3 is 21.1 Å². The summed E-state index contributed by atoms with van der Waals surface area (Å²) in [5, 5.41) is 6.91. The van der Waals surface area contributed by atoms with E-state index in [-0.39, 0.29) is 21.1 Å². The van der Waals surface area contributed by atoms with Crippen LogP contribution < -0.4 is 4.98 Å². The van der Waals surface area contributed by atoms with E-state index in [0.717, 1.165) is 88.5 Å². The van der Waals surface area contributed by atoms with Crippen LogP contribution in [0.2, 0.25) is 0 Å². The number of benzene rings is 6. The van der Waals surface area contributed by atoms with E-state index in [4.69, 9.17) is 15.0 Å². The van der Waals surface area contributed by atoms with Crippen molar-refractivity contribution >= 4 is 54.5 Å². The third kappa shape index (κ3) is 4.71. The quantitative estimate of drug-likeness (QED) is 0.166. The minimum atomic E-state index is 0. The third-order valence-corrected chi connectivity index (χ3v) is 9.37. The van der Waals surface area contributed by atoms with Crippen LogP contribution >= 0.6 is 0 Å². The van der Waals surface area contributed by atoms with Gasteiger partial charge in [0.15, 0.2) is 0 Å². The Bertz CT molecular complexity index is 2850. The largest absolute Gasteiger partial charge is 2.00 e. The average Bonchev–Trinajstić information content (AvgIpc) is 3.71. The molecule has 0 saturated carbocycles. The Hall–Kier alpha value is -5.83. The second-order valence-corrected chi connectivity index (χ2v) is 12.2. The van der Waals surface area contributed by atoms with Crippen molar-refractivity contribution in [2.24, 2.45) is 0 Å². The molecule has 0 amide bonds. The van der Waals surface area contributed by atoms with Crippen LogP contribution in [-0.2, 0) is 21.1 Å². The van der Waals surface area contributed by atoms with E-state index >= 15 is 0 Å². The SMILES string of the molecule is [Pt+2].[c-]1c(-c2cccc(-n3c4ccccc4c4c5ccccc5cnc43)n2)cc(-c2ccccc2)cc1-c1cccc2c1[n-]c1ccccc12. The summed E-state index contributed by atoms with van der Waals surface area (Å²) in [6, 6.07) is 56.6. The van der Waals surface area contributed by atoms with Gasteiger partial charge in [-0.2, -0.15) is 5.52 Å². The zero-order chi connectivity index (χ0) is 31.6. The summed E-state index contributed by atoms with van der Waals surface area (Å²) in [5.41, 5.74) is 9.98. The summed E-state index contributed by atoms with van der Waals surface area (Å²) in [4.78, 5) is 15.4.